The molecule has 0 saturated carbocycles. The third-order valence-corrected chi connectivity index (χ3v) is 6.12. The van der Waals surface area contributed by atoms with Crippen LogP contribution in [0.4, 0.5) is 13.2 Å². The second kappa shape index (κ2) is 8.60. The van der Waals surface area contributed by atoms with Crippen molar-refractivity contribution >= 4 is 10.0 Å². The molecule has 1 N–H and O–H groups in total. The Kier molecular flexibility index (Phi) is 6.25. The predicted octanol–water partition coefficient (Wildman–Crippen LogP) is 3.42. The van der Waals surface area contributed by atoms with Crippen molar-refractivity contribution in [1.82, 2.24) is 19.5 Å². The largest absolute Gasteiger partial charge is 0.481 e. The minimum Gasteiger partial charge on any atom is -0.481 e. The number of hydrogen-bond donors (Lipinski definition) is 1. The van der Waals surface area contributed by atoms with E-state index in [1.165, 1.54) is 27.3 Å². The summed E-state index contributed by atoms with van der Waals surface area (Å²) in [5, 5.41) is 12.3. The van der Waals surface area contributed by atoms with Gasteiger partial charge < -0.3 is 4.74 Å². The second-order valence-corrected chi connectivity index (χ2v) is 8.55. The minimum absolute atomic E-state index is 0.307. The highest BCUT2D eigenvalue weighted by Gasteiger charge is 2.41. The highest BCUT2D eigenvalue weighted by molar-refractivity contribution is 7.89. The lowest BCUT2D eigenvalue weighted by Gasteiger charge is -2.16. The summed E-state index contributed by atoms with van der Waals surface area (Å²) in [6.07, 6.45) is -2.73. The average molecular weight is 465 g/mol. The number of methoxy groups -OCH3 is 1. The summed E-state index contributed by atoms with van der Waals surface area (Å²) in [5.74, 6) is 0.307. The lowest BCUT2D eigenvalue weighted by molar-refractivity contribution is -0.143. The number of aryl methyl sites for hydroxylation is 1. The van der Waals surface area contributed by atoms with Crippen molar-refractivity contribution in [3.63, 3.8) is 0 Å². The van der Waals surface area contributed by atoms with Gasteiger partial charge in [0.25, 0.3) is 0 Å². The van der Waals surface area contributed by atoms with Crippen LogP contribution in [-0.2, 0) is 23.2 Å². The number of rotatable bonds is 6. The molecule has 0 aliphatic carbocycles. The van der Waals surface area contributed by atoms with Crippen molar-refractivity contribution in [2.45, 2.75) is 24.0 Å². The molecule has 0 spiro atoms. The number of alkyl halides is 3. The predicted molar refractivity (Wildman–Crippen MR) is 108 cm³/mol. The third kappa shape index (κ3) is 4.74. The first-order valence-electron chi connectivity index (χ1n) is 9.14. The van der Waals surface area contributed by atoms with E-state index in [0.29, 0.717) is 28.1 Å². The standard InChI is InChI=1S/C20H18F3N5O3S/c1-12(27-32(29,30)17-11-28(2)26-18(17)20(21,22)23)14-4-6-15(7-5-14)16-8-13(9-24)10-25-19(16)31-3/h4-8,10-12,27H,1-3H3/t12-/m1/s1. The molecular formula is C20H18F3N5O3S. The topological polar surface area (TPSA) is 110 Å². The van der Waals surface area contributed by atoms with Gasteiger partial charge in [-0.25, -0.2) is 18.1 Å². The maximum absolute atomic E-state index is 13.2. The number of ether oxygens (including phenoxy) is 1. The number of nitriles is 1. The molecule has 168 valence electrons. The molecular weight excluding hydrogens is 447 g/mol. The Morgan fingerprint density at radius 3 is 2.47 bits per heavy atom. The van der Waals surface area contributed by atoms with Crippen molar-refractivity contribution in [3.8, 4) is 23.1 Å². The molecule has 8 nitrogen and oxygen atoms in total. The van der Waals surface area contributed by atoms with Gasteiger partial charge in [0.05, 0.1) is 12.7 Å². The molecule has 0 fully saturated rings. The van der Waals surface area contributed by atoms with Gasteiger partial charge in [-0.3, -0.25) is 4.68 Å². The molecule has 0 amide bonds. The van der Waals surface area contributed by atoms with Gasteiger partial charge in [0.1, 0.15) is 11.0 Å². The van der Waals surface area contributed by atoms with Gasteiger partial charge in [0.2, 0.25) is 15.9 Å². The first-order valence-corrected chi connectivity index (χ1v) is 10.6. The third-order valence-electron chi connectivity index (χ3n) is 4.58. The summed E-state index contributed by atoms with van der Waals surface area (Å²) in [6.45, 7) is 1.51. The molecule has 1 atom stereocenters. The number of sulfonamides is 1. The fourth-order valence-electron chi connectivity index (χ4n) is 3.06. The van der Waals surface area contributed by atoms with Crippen LogP contribution in [0.2, 0.25) is 0 Å². The minimum atomic E-state index is -4.92. The van der Waals surface area contributed by atoms with Crippen LogP contribution in [0.1, 0.15) is 29.8 Å². The number of benzene rings is 1. The molecule has 12 heteroatoms. The Hall–Kier alpha value is -3.43. The fraction of sp³-hybridized carbons (Fsp3) is 0.250. The molecule has 0 saturated heterocycles. The van der Waals surface area contributed by atoms with E-state index >= 15 is 0 Å². The van der Waals surface area contributed by atoms with E-state index in [2.05, 4.69) is 14.8 Å². The summed E-state index contributed by atoms with van der Waals surface area (Å²) in [7, 11) is -1.85. The van der Waals surface area contributed by atoms with E-state index in [1.54, 1.807) is 30.3 Å². The van der Waals surface area contributed by atoms with Gasteiger partial charge >= 0.3 is 6.18 Å². The molecule has 2 heterocycles. The van der Waals surface area contributed by atoms with Crippen molar-refractivity contribution in [1.29, 1.82) is 5.26 Å². The second-order valence-electron chi connectivity index (χ2n) is 6.87. The first-order chi connectivity index (χ1) is 15.0. The van der Waals surface area contributed by atoms with Crippen LogP contribution in [0.3, 0.4) is 0 Å². The number of nitrogens with zero attached hydrogens (tertiary/aromatic N) is 4. The van der Waals surface area contributed by atoms with E-state index in [4.69, 9.17) is 10.00 Å². The van der Waals surface area contributed by atoms with Gasteiger partial charge in [0.15, 0.2) is 5.69 Å². The smallest absolute Gasteiger partial charge is 0.436 e. The highest BCUT2D eigenvalue weighted by Crippen LogP contribution is 2.34. The van der Waals surface area contributed by atoms with Crippen LogP contribution in [-0.4, -0.2) is 30.3 Å². The molecule has 3 rings (SSSR count). The molecule has 0 aliphatic heterocycles. The van der Waals surface area contributed by atoms with Crippen LogP contribution in [0.25, 0.3) is 11.1 Å². The summed E-state index contributed by atoms with van der Waals surface area (Å²) < 4.78 is 73.0. The van der Waals surface area contributed by atoms with Crippen LogP contribution in [0.15, 0.2) is 47.6 Å². The van der Waals surface area contributed by atoms with Crippen molar-refractivity contribution < 1.29 is 26.3 Å². The van der Waals surface area contributed by atoms with Crippen LogP contribution < -0.4 is 9.46 Å². The molecule has 0 unspecified atom stereocenters. The zero-order valence-electron chi connectivity index (χ0n) is 17.2. The summed E-state index contributed by atoms with van der Waals surface area (Å²) in [5.41, 5.74) is 0.599. The Morgan fingerprint density at radius 2 is 1.91 bits per heavy atom. The normalized spacial score (nSPS) is 12.9. The van der Waals surface area contributed by atoms with E-state index in [1.807, 2.05) is 6.07 Å². The summed E-state index contributed by atoms with van der Waals surface area (Å²) in [6, 6.07) is 9.35. The van der Waals surface area contributed by atoms with Crippen molar-refractivity contribution in [2.75, 3.05) is 7.11 Å². The van der Waals surface area contributed by atoms with Crippen LogP contribution >= 0.6 is 0 Å². The Bertz CT molecular complexity index is 1280. The quantitative estimate of drug-likeness (QED) is 0.597. The molecule has 3 aromatic rings. The van der Waals surface area contributed by atoms with Crippen LogP contribution in [0.5, 0.6) is 5.88 Å². The Morgan fingerprint density at radius 1 is 1.25 bits per heavy atom. The SMILES string of the molecule is COc1ncc(C#N)cc1-c1ccc([C@@H](C)NS(=O)(=O)c2cn(C)nc2C(F)(F)F)cc1. The molecule has 1 aromatic carbocycles. The van der Waals surface area contributed by atoms with Gasteiger partial charge in [-0.1, -0.05) is 24.3 Å². The maximum Gasteiger partial charge on any atom is 0.436 e. The maximum atomic E-state index is 13.2. The number of pyridine rings is 1. The van der Waals surface area contributed by atoms with Gasteiger partial charge in [-0.2, -0.15) is 23.5 Å². The number of aromatic nitrogens is 3. The molecule has 0 radical (unpaired) electrons. The molecule has 0 bridgehead atoms. The van der Waals surface area contributed by atoms with E-state index in [0.717, 1.165) is 10.9 Å². The van der Waals surface area contributed by atoms with Gasteiger partial charge in [-0.05, 0) is 24.1 Å². The Labute approximate surface area is 182 Å². The Balaban J connectivity index is 1.88. The van der Waals surface area contributed by atoms with Gasteiger partial charge in [0, 0.05) is 31.0 Å². The summed E-state index contributed by atoms with van der Waals surface area (Å²) >= 11 is 0. The first kappa shape index (κ1) is 23.2. The molecule has 2 aromatic heterocycles. The van der Waals surface area contributed by atoms with Crippen molar-refractivity contribution in [3.05, 3.63) is 59.5 Å². The monoisotopic (exact) mass is 465 g/mol. The molecule has 0 aliphatic rings. The lowest BCUT2D eigenvalue weighted by atomic mass is 10.0. The highest BCUT2D eigenvalue weighted by atomic mass is 32.2. The van der Waals surface area contributed by atoms with E-state index in [9.17, 15) is 21.6 Å². The lowest BCUT2D eigenvalue weighted by Crippen LogP contribution is -2.28. The van der Waals surface area contributed by atoms with Crippen LogP contribution in [0, 0.1) is 11.3 Å². The average Bonchev–Trinajstić information content (AvgIpc) is 3.16. The molecule has 32 heavy (non-hydrogen) atoms. The van der Waals surface area contributed by atoms with Crippen molar-refractivity contribution in [2.24, 2.45) is 7.05 Å². The zero-order chi connectivity index (χ0) is 23.7. The van der Waals surface area contributed by atoms with E-state index in [-0.39, 0.29) is 0 Å². The number of hydrogen-bond acceptors (Lipinski definition) is 6. The number of nitrogens with one attached hydrogen (secondary N) is 1. The fourth-order valence-corrected chi connectivity index (χ4v) is 4.49. The van der Waals surface area contributed by atoms with E-state index < -0.39 is 32.8 Å². The zero-order valence-corrected chi connectivity index (χ0v) is 18.0. The number of halogens is 3. The van der Waals surface area contributed by atoms with Gasteiger partial charge in [-0.15, -0.1) is 0 Å². The summed E-state index contributed by atoms with van der Waals surface area (Å²) in [4.78, 5) is 3.13.